The van der Waals surface area contributed by atoms with Crippen LogP contribution in [-0.4, -0.2) is 41.1 Å². The van der Waals surface area contributed by atoms with Gasteiger partial charge in [0, 0.05) is 43.9 Å². The molecule has 1 aliphatic heterocycles. The van der Waals surface area contributed by atoms with Crippen LogP contribution in [0.25, 0.3) is 11.4 Å². The van der Waals surface area contributed by atoms with Crippen molar-refractivity contribution in [3.8, 4) is 11.4 Å². The number of hydrogen-bond acceptors (Lipinski definition) is 3. The third-order valence-corrected chi connectivity index (χ3v) is 4.26. The van der Waals surface area contributed by atoms with Crippen LogP contribution in [0.5, 0.6) is 0 Å². The molecule has 0 fully saturated rings. The Balaban J connectivity index is 1.96. The number of nitrogens with one attached hydrogen (secondary N) is 1. The highest BCUT2D eigenvalue weighted by molar-refractivity contribution is 5.57. The Morgan fingerprint density at radius 2 is 2.10 bits per heavy atom. The summed E-state index contributed by atoms with van der Waals surface area (Å²) in [5, 5.41) is 3.42. The second-order valence-electron chi connectivity index (χ2n) is 5.67. The van der Waals surface area contributed by atoms with E-state index in [2.05, 4.69) is 59.1 Å². The zero-order valence-electron chi connectivity index (χ0n) is 13.0. The van der Waals surface area contributed by atoms with Gasteiger partial charge in [0.25, 0.3) is 0 Å². The first-order chi connectivity index (χ1) is 10.3. The summed E-state index contributed by atoms with van der Waals surface area (Å²) < 4.78 is 2.43. The summed E-state index contributed by atoms with van der Waals surface area (Å²) in [6.07, 6.45) is 1.07. The second-order valence-corrected chi connectivity index (χ2v) is 5.67. The zero-order valence-corrected chi connectivity index (χ0v) is 13.0. The van der Waals surface area contributed by atoms with Crippen molar-refractivity contribution in [3.63, 3.8) is 0 Å². The maximum Gasteiger partial charge on any atom is 0.140 e. The number of likely N-dealkylation sites (N-methyl/N-ethyl adjacent to an activating group) is 1. The van der Waals surface area contributed by atoms with E-state index in [1.165, 1.54) is 17.0 Å². The predicted molar refractivity (Wildman–Crippen MR) is 86.2 cm³/mol. The minimum absolute atomic E-state index is 0.895. The van der Waals surface area contributed by atoms with Crippen molar-refractivity contribution in [2.45, 2.75) is 26.4 Å². The van der Waals surface area contributed by atoms with Crippen LogP contribution in [0.1, 0.15) is 18.3 Å². The fourth-order valence-corrected chi connectivity index (χ4v) is 2.85. The molecule has 112 valence electrons. The lowest BCUT2D eigenvalue weighted by atomic mass is 10.2. The molecule has 0 atom stereocenters. The van der Waals surface area contributed by atoms with Crippen LogP contribution in [0.4, 0.5) is 0 Å². The van der Waals surface area contributed by atoms with Crippen LogP contribution in [-0.2, 0) is 19.5 Å². The first-order valence-electron chi connectivity index (χ1n) is 7.82. The molecular weight excluding hydrogens is 260 g/mol. The predicted octanol–water partition coefficient (Wildman–Crippen LogP) is 2.15. The standard InChI is InChI=1S/C17H24N4/c1-3-20(2)11-12-21-16-9-10-18-13-15(16)19-17(21)14-7-5-4-6-8-14/h4-8,18H,3,9-13H2,1-2H3. The van der Waals surface area contributed by atoms with Gasteiger partial charge in [-0.05, 0) is 13.6 Å². The van der Waals surface area contributed by atoms with Gasteiger partial charge in [-0.2, -0.15) is 0 Å². The van der Waals surface area contributed by atoms with Crippen molar-refractivity contribution < 1.29 is 0 Å². The van der Waals surface area contributed by atoms with E-state index in [1.54, 1.807) is 0 Å². The van der Waals surface area contributed by atoms with Gasteiger partial charge in [-0.3, -0.25) is 0 Å². The lowest BCUT2D eigenvalue weighted by Gasteiger charge is -2.19. The summed E-state index contributed by atoms with van der Waals surface area (Å²) in [5.74, 6) is 1.12. The molecule has 0 radical (unpaired) electrons. The van der Waals surface area contributed by atoms with Crippen molar-refractivity contribution in [1.29, 1.82) is 0 Å². The van der Waals surface area contributed by atoms with E-state index in [4.69, 9.17) is 4.98 Å². The van der Waals surface area contributed by atoms with E-state index in [9.17, 15) is 0 Å². The van der Waals surface area contributed by atoms with Gasteiger partial charge in [-0.1, -0.05) is 37.3 Å². The Hall–Kier alpha value is -1.65. The maximum atomic E-state index is 4.91. The molecule has 21 heavy (non-hydrogen) atoms. The van der Waals surface area contributed by atoms with Gasteiger partial charge in [0.2, 0.25) is 0 Å². The smallest absolute Gasteiger partial charge is 0.140 e. The molecule has 1 aromatic heterocycles. The minimum atomic E-state index is 0.895. The summed E-state index contributed by atoms with van der Waals surface area (Å²) >= 11 is 0. The number of benzene rings is 1. The number of hydrogen-bond donors (Lipinski definition) is 1. The largest absolute Gasteiger partial charge is 0.326 e. The molecular formula is C17H24N4. The maximum absolute atomic E-state index is 4.91. The zero-order chi connectivity index (χ0) is 14.7. The van der Waals surface area contributed by atoms with Crippen molar-refractivity contribution in [3.05, 3.63) is 41.7 Å². The molecule has 0 bridgehead atoms. The quantitative estimate of drug-likeness (QED) is 0.913. The van der Waals surface area contributed by atoms with Gasteiger partial charge in [0.1, 0.15) is 5.82 Å². The monoisotopic (exact) mass is 284 g/mol. The first-order valence-corrected chi connectivity index (χ1v) is 7.82. The van der Waals surface area contributed by atoms with Gasteiger partial charge in [-0.15, -0.1) is 0 Å². The van der Waals surface area contributed by atoms with Crippen LogP contribution in [0.2, 0.25) is 0 Å². The van der Waals surface area contributed by atoms with E-state index in [1.807, 2.05) is 0 Å². The van der Waals surface area contributed by atoms with Crippen LogP contribution < -0.4 is 5.32 Å². The highest BCUT2D eigenvalue weighted by Gasteiger charge is 2.20. The summed E-state index contributed by atoms with van der Waals surface area (Å²) in [5.41, 5.74) is 3.85. The normalized spacial score (nSPS) is 14.4. The van der Waals surface area contributed by atoms with Crippen LogP contribution in [0, 0.1) is 0 Å². The van der Waals surface area contributed by atoms with Crippen molar-refractivity contribution in [2.75, 3.05) is 26.7 Å². The fourth-order valence-electron chi connectivity index (χ4n) is 2.85. The Morgan fingerprint density at radius 1 is 1.29 bits per heavy atom. The molecule has 2 heterocycles. The van der Waals surface area contributed by atoms with E-state index in [0.717, 1.165) is 45.0 Å². The van der Waals surface area contributed by atoms with Crippen LogP contribution in [0.3, 0.4) is 0 Å². The molecule has 1 aliphatic rings. The van der Waals surface area contributed by atoms with Gasteiger partial charge in [0.15, 0.2) is 0 Å². The molecule has 1 aromatic carbocycles. The van der Waals surface area contributed by atoms with Gasteiger partial charge < -0.3 is 14.8 Å². The molecule has 4 heteroatoms. The van der Waals surface area contributed by atoms with E-state index in [-0.39, 0.29) is 0 Å². The number of aromatic nitrogens is 2. The molecule has 0 saturated heterocycles. The summed E-state index contributed by atoms with van der Waals surface area (Å²) in [6, 6.07) is 10.5. The lowest BCUT2D eigenvalue weighted by molar-refractivity contribution is 0.333. The summed E-state index contributed by atoms with van der Waals surface area (Å²) in [4.78, 5) is 7.26. The highest BCUT2D eigenvalue weighted by Crippen LogP contribution is 2.24. The van der Waals surface area contributed by atoms with E-state index in [0.29, 0.717) is 0 Å². The first kappa shape index (κ1) is 14.3. The Bertz CT molecular complexity index is 588. The van der Waals surface area contributed by atoms with E-state index < -0.39 is 0 Å². The summed E-state index contributed by atoms with van der Waals surface area (Å²) in [7, 11) is 2.17. The van der Waals surface area contributed by atoms with Crippen LogP contribution >= 0.6 is 0 Å². The Labute approximate surface area is 126 Å². The molecule has 3 rings (SSSR count). The van der Waals surface area contributed by atoms with Crippen molar-refractivity contribution in [1.82, 2.24) is 19.8 Å². The SMILES string of the molecule is CCN(C)CCn1c(-c2ccccc2)nc2c1CCNC2. The summed E-state index contributed by atoms with van der Waals surface area (Å²) in [6.45, 7) is 7.30. The molecule has 0 amide bonds. The van der Waals surface area contributed by atoms with Gasteiger partial charge >= 0.3 is 0 Å². The molecule has 0 aliphatic carbocycles. The van der Waals surface area contributed by atoms with E-state index >= 15 is 0 Å². The molecule has 2 aromatic rings. The molecule has 1 N–H and O–H groups in total. The van der Waals surface area contributed by atoms with Crippen molar-refractivity contribution >= 4 is 0 Å². The molecule has 4 nitrogen and oxygen atoms in total. The number of nitrogens with zero attached hydrogens (tertiary/aromatic N) is 3. The number of rotatable bonds is 5. The third kappa shape index (κ3) is 3.01. The second kappa shape index (κ2) is 6.41. The van der Waals surface area contributed by atoms with Gasteiger partial charge in [-0.25, -0.2) is 4.98 Å². The Kier molecular flexibility index (Phi) is 4.36. The van der Waals surface area contributed by atoms with Gasteiger partial charge in [0.05, 0.1) is 5.69 Å². The molecule has 0 spiro atoms. The number of imidazole rings is 1. The third-order valence-electron chi connectivity index (χ3n) is 4.26. The fraction of sp³-hybridized carbons (Fsp3) is 0.471. The lowest BCUT2D eigenvalue weighted by Crippen LogP contribution is -2.27. The Morgan fingerprint density at radius 3 is 2.86 bits per heavy atom. The van der Waals surface area contributed by atoms with Crippen LogP contribution in [0.15, 0.2) is 30.3 Å². The topological polar surface area (TPSA) is 33.1 Å². The highest BCUT2D eigenvalue weighted by atomic mass is 15.2. The number of fused-ring (bicyclic) bond motifs is 1. The molecule has 0 unspecified atom stereocenters. The average Bonchev–Trinajstić information content (AvgIpc) is 2.92. The van der Waals surface area contributed by atoms with Crippen molar-refractivity contribution in [2.24, 2.45) is 0 Å². The minimum Gasteiger partial charge on any atom is -0.326 e. The molecule has 0 saturated carbocycles. The average molecular weight is 284 g/mol.